The average molecular weight is 108 g/mol. The van der Waals surface area contributed by atoms with Crippen LogP contribution in [-0.4, -0.2) is 0 Å². The minimum absolute atomic E-state index is 1.04. The van der Waals surface area contributed by atoms with Crippen LogP contribution in [0.5, 0.6) is 0 Å². The van der Waals surface area contributed by atoms with Crippen LogP contribution in [0.2, 0.25) is 0 Å². The maximum absolute atomic E-state index is 3.61. The first-order valence-corrected chi connectivity index (χ1v) is 2.77. The Bertz CT molecular complexity index is 114. The Labute approximate surface area is 51.2 Å². The van der Waals surface area contributed by atoms with E-state index in [1.807, 2.05) is 13.0 Å². The highest BCUT2D eigenvalue weighted by atomic mass is 13.9. The van der Waals surface area contributed by atoms with Gasteiger partial charge in [0, 0.05) is 0 Å². The van der Waals surface area contributed by atoms with Crippen molar-refractivity contribution in [3.8, 4) is 0 Å². The first kappa shape index (κ1) is 7.26. The van der Waals surface area contributed by atoms with E-state index in [0.29, 0.717) is 0 Å². The SMILES string of the molecule is C=C=C(C)CCC=C. The Balaban J connectivity index is 3.39. The summed E-state index contributed by atoms with van der Waals surface area (Å²) in [5.41, 5.74) is 4.03. The fourth-order valence-corrected chi connectivity index (χ4v) is 0.407. The molecular weight excluding hydrogens is 96.1 g/mol. The maximum atomic E-state index is 3.61. The fraction of sp³-hybridized carbons (Fsp3) is 0.375. The van der Waals surface area contributed by atoms with E-state index in [-0.39, 0.29) is 0 Å². The first-order valence-electron chi connectivity index (χ1n) is 2.77. The van der Waals surface area contributed by atoms with Crippen molar-refractivity contribution in [3.63, 3.8) is 0 Å². The summed E-state index contributed by atoms with van der Waals surface area (Å²) in [6, 6.07) is 0. The molecule has 0 saturated heterocycles. The summed E-state index contributed by atoms with van der Waals surface area (Å²) in [5, 5.41) is 0. The number of hydrogen-bond acceptors (Lipinski definition) is 0. The van der Waals surface area contributed by atoms with E-state index >= 15 is 0 Å². The lowest BCUT2D eigenvalue weighted by Gasteiger charge is -1.88. The molecule has 0 aliphatic heterocycles. The Hall–Kier alpha value is -0.740. The molecule has 0 radical (unpaired) electrons. The van der Waals surface area contributed by atoms with Crippen LogP contribution < -0.4 is 0 Å². The fourth-order valence-electron chi connectivity index (χ4n) is 0.407. The van der Waals surface area contributed by atoms with Crippen LogP contribution >= 0.6 is 0 Å². The summed E-state index contributed by atoms with van der Waals surface area (Å²) >= 11 is 0. The molecule has 0 aromatic rings. The summed E-state index contributed by atoms with van der Waals surface area (Å²) in [7, 11) is 0. The molecule has 0 aromatic carbocycles. The summed E-state index contributed by atoms with van der Waals surface area (Å²) in [5.74, 6) is 0. The summed E-state index contributed by atoms with van der Waals surface area (Å²) < 4.78 is 0. The van der Waals surface area contributed by atoms with Gasteiger partial charge in [0.05, 0.1) is 0 Å². The predicted molar refractivity (Wildman–Crippen MR) is 37.8 cm³/mol. The number of hydrogen-bond donors (Lipinski definition) is 0. The van der Waals surface area contributed by atoms with Crippen molar-refractivity contribution in [2.24, 2.45) is 0 Å². The van der Waals surface area contributed by atoms with E-state index in [2.05, 4.69) is 18.9 Å². The molecule has 0 saturated carbocycles. The van der Waals surface area contributed by atoms with E-state index in [1.165, 1.54) is 5.57 Å². The summed E-state index contributed by atoms with van der Waals surface area (Å²) in [6.45, 7) is 9.15. The molecule has 0 amide bonds. The molecule has 0 heterocycles. The van der Waals surface area contributed by atoms with Gasteiger partial charge in [-0.05, 0) is 25.3 Å². The van der Waals surface area contributed by atoms with Gasteiger partial charge in [0.15, 0.2) is 0 Å². The van der Waals surface area contributed by atoms with Gasteiger partial charge in [-0.25, -0.2) is 0 Å². The van der Waals surface area contributed by atoms with Crippen LogP contribution in [0.3, 0.4) is 0 Å². The Morgan fingerprint density at radius 1 is 1.75 bits per heavy atom. The monoisotopic (exact) mass is 108 g/mol. The van der Waals surface area contributed by atoms with E-state index in [9.17, 15) is 0 Å². The highest BCUT2D eigenvalue weighted by Crippen LogP contribution is 2.00. The second kappa shape index (κ2) is 4.42. The summed E-state index contributed by atoms with van der Waals surface area (Å²) in [6.07, 6.45) is 3.99. The minimum atomic E-state index is 1.04. The van der Waals surface area contributed by atoms with E-state index in [4.69, 9.17) is 0 Å². The number of allylic oxidation sites excluding steroid dienone is 2. The third kappa shape index (κ3) is 3.45. The largest absolute Gasteiger partial charge is 0.130 e. The van der Waals surface area contributed by atoms with Crippen LogP contribution in [0.1, 0.15) is 19.8 Å². The third-order valence-electron chi connectivity index (χ3n) is 1.03. The third-order valence-corrected chi connectivity index (χ3v) is 1.03. The molecule has 0 unspecified atom stereocenters. The molecular formula is C8H12. The normalized spacial score (nSPS) is 7.62. The van der Waals surface area contributed by atoms with Gasteiger partial charge in [0.25, 0.3) is 0 Å². The molecule has 0 aromatic heterocycles. The molecule has 0 nitrogen and oxygen atoms in total. The number of rotatable bonds is 3. The lowest BCUT2D eigenvalue weighted by molar-refractivity contribution is 0.984. The zero-order chi connectivity index (χ0) is 6.41. The van der Waals surface area contributed by atoms with Gasteiger partial charge in [0.2, 0.25) is 0 Å². The standard InChI is InChI=1S/C8H12/c1-4-6-7-8(3)5-2/h4H,1-2,6-7H2,3H3. The van der Waals surface area contributed by atoms with Gasteiger partial charge in [-0.3, -0.25) is 0 Å². The first-order chi connectivity index (χ1) is 3.81. The van der Waals surface area contributed by atoms with Gasteiger partial charge >= 0.3 is 0 Å². The smallest absolute Gasteiger partial charge is 0.0212 e. The highest BCUT2D eigenvalue weighted by Gasteiger charge is 1.81. The molecule has 0 fully saturated rings. The average Bonchev–Trinajstić information content (AvgIpc) is 1.83. The molecule has 0 aliphatic carbocycles. The lowest BCUT2D eigenvalue weighted by atomic mass is 10.2. The van der Waals surface area contributed by atoms with Crippen molar-refractivity contribution in [1.29, 1.82) is 0 Å². The van der Waals surface area contributed by atoms with Gasteiger partial charge in [-0.15, -0.1) is 12.3 Å². The Morgan fingerprint density at radius 2 is 2.38 bits per heavy atom. The van der Waals surface area contributed by atoms with Crippen LogP contribution in [0, 0.1) is 0 Å². The molecule has 0 heteroatoms. The second-order valence-corrected chi connectivity index (χ2v) is 1.78. The molecule has 8 heavy (non-hydrogen) atoms. The van der Waals surface area contributed by atoms with Gasteiger partial charge in [-0.1, -0.05) is 12.7 Å². The molecule has 0 bridgehead atoms. The molecule has 44 valence electrons. The van der Waals surface area contributed by atoms with Crippen LogP contribution in [-0.2, 0) is 0 Å². The predicted octanol–water partition coefficient (Wildman–Crippen LogP) is 2.68. The Morgan fingerprint density at radius 3 is 2.75 bits per heavy atom. The van der Waals surface area contributed by atoms with Gasteiger partial charge in [-0.2, -0.15) is 0 Å². The zero-order valence-corrected chi connectivity index (χ0v) is 5.41. The van der Waals surface area contributed by atoms with Crippen molar-refractivity contribution in [2.45, 2.75) is 19.8 Å². The van der Waals surface area contributed by atoms with E-state index in [1.54, 1.807) is 0 Å². The minimum Gasteiger partial charge on any atom is -0.130 e. The second-order valence-electron chi connectivity index (χ2n) is 1.78. The summed E-state index contributed by atoms with van der Waals surface area (Å²) in [4.78, 5) is 0. The highest BCUT2D eigenvalue weighted by molar-refractivity contribution is 4.95. The van der Waals surface area contributed by atoms with E-state index < -0.39 is 0 Å². The van der Waals surface area contributed by atoms with Crippen LogP contribution in [0.4, 0.5) is 0 Å². The lowest BCUT2D eigenvalue weighted by Crippen LogP contribution is -1.69. The zero-order valence-electron chi connectivity index (χ0n) is 5.41. The van der Waals surface area contributed by atoms with Gasteiger partial charge in [0.1, 0.15) is 0 Å². The van der Waals surface area contributed by atoms with Gasteiger partial charge < -0.3 is 0 Å². The topological polar surface area (TPSA) is 0 Å². The van der Waals surface area contributed by atoms with Crippen molar-refractivity contribution < 1.29 is 0 Å². The van der Waals surface area contributed by atoms with Crippen molar-refractivity contribution in [2.75, 3.05) is 0 Å². The Kier molecular flexibility index (Phi) is 4.01. The molecule has 0 atom stereocenters. The molecule has 0 spiro atoms. The van der Waals surface area contributed by atoms with Crippen LogP contribution in [0.25, 0.3) is 0 Å². The molecule has 0 rings (SSSR count). The van der Waals surface area contributed by atoms with Crippen molar-refractivity contribution in [3.05, 3.63) is 30.5 Å². The molecule has 0 aliphatic rings. The van der Waals surface area contributed by atoms with E-state index in [0.717, 1.165) is 12.8 Å². The van der Waals surface area contributed by atoms with Crippen molar-refractivity contribution in [1.82, 2.24) is 0 Å². The van der Waals surface area contributed by atoms with Crippen LogP contribution in [0.15, 0.2) is 30.5 Å². The van der Waals surface area contributed by atoms with Crippen molar-refractivity contribution >= 4 is 0 Å². The molecule has 0 N–H and O–H groups in total. The quantitative estimate of drug-likeness (QED) is 0.385. The maximum Gasteiger partial charge on any atom is -0.0212 e.